The van der Waals surface area contributed by atoms with Crippen LogP contribution in [0.4, 0.5) is 8.78 Å². The largest absolute Gasteiger partial charge is 0.494 e. The number of rotatable bonds is 26. The number of ether oxygens (including phenoxy) is 6. The van der Waals surface area contributed by atoms with E-state index in [9.17, 15) is 18.8 Å². The number of benzene rings is 2. The first-order valence-corrected chi connectivity index (χ1v) is 36.7. The van der Waals surface area contributed by atoms with E-state index in [4.69, 9.17) is 54.2 Å². The molecule has 6 aliphatic rings. The first-order valence-electron chi connectivity index (χ1n) is 36.7. The standard InChI is InChI=1S/C27H27FN10O3.C20H23N5O3.C18H19N5O3.C9H10FN5O/c1-40-24-5-4-23(38-15-30-33-35-38)21(25(24)28)8-29-27(39)22-12-37(34-32-22)11-20-10-36-9-19(17-2-3-17)7-18(26(36)31-20)6-16-13-41-14-16;1-2-28-20(26)18-10-25(23-22-18)9-17-8-24-7-16(14-3-4-14)6-15(19(24)21-17)5-13-11-27-12-13;24-18(25)16-8-23(21-20-16)7-15-6-22-5-14(12-1-2-12)4-13(17(22)19-15)3-11-9-26-10-11;1-16-8-3-2-7(6(4-11)9(8)10)15-5-12-13-14-15/h4-5,7,9-10,12,15-17H,2-3,6,8,11,13-14H2,1H3,(H,29,39);6-8,10,13-14H,2-5,9,11-12H2,1H3;4-6,8,11-12H,1-3,7,9-10H2,(H,24,25);2-3,5H,4,11H2,1H3. The molecular weight excluding hydrogens is 1440 g/mol. The van der Waals surface area contributed by atoms with Crippen molar-refractivity contribution in [3.05, 3.63) is 201 Å². The van der Waals surface area contributed by atoms with Crippen LogP contribution in [0.5, 0.6) is 11.5 Å². The predicted molar refractivity (Wildman–Crippen MR) is 386 cm³/mol. The van der Waals surface area contributed by atoms with Gasteiger partial charge < -0.3 is 57.8 Å². The van der Waals surface area contributed by atoms with E-state index in [0.29, 0.717) is 78.7 Å². The van der Waals surface area contributed by atoms with Crippen LogP contribution < -0.4 is 20.5 Å². The van der Waals surface area contributed by atoms with Crippen molar-refractivity contribution in [1.82, 2.24) is 119 Å². The molecule has 0 atom stereocenters. The Morgan fingerprint density at radius 1 is 0.532 bits per heavy atom. The molecule has 2 aromatic carbocycles. The second-order valence-corrected chi connectivity index (χ2v) is 28.4. The number of amides is 1. The van der Waals surface area contributed by atoms with Crippen LogP contribution in [0.2, 0.25) is 0 Å². The molecule has 0 radical (unpaired) electrons. The van der Waals surface area contributed by atoms with E-state index in [0.717, 1.165) is 92.9 Å². The van der Waals surface area contributed by atoms with Crippen molar-refractivity contribution in [3.63, 3.8) is 0 Å². The summed E-state index contributed by atoms with van der Waals surface area (Å²) in [5.74, 6) is 0.723. The van der Waals surface area contributed by atoms with Crippen molar-refractivity contribution < 1.29 is 56.7 Å². The summed E-state index contributed by atoms with van der Waals surface area (Å²) in [5, 5.41) is 57.0. The van der Waals surface area contributed by atoms with Crippen molar-refractivity contribution in [2.75, 3.05) is 60.5 Å². The van der Waals surface area contributed by atoms with E-state index in [1.165, 1.54) is 131 Å². The van der Waals surface area contributed by atoms with Gasteiger partial charge in [-0.3, -0.25) is 4.79 Å². The van der Waals surface area contributed by atoms with Crippen molar-refractivity contribution in [3.8, 4) is 22.9 Å². The maximum Gasteiger partial charge on any atom is 0.360 e. The van der Waals surface area contributed by atoms with Gasteiger partial charge in [0.15, 0.2) is 40.2 Å². The third-order valence-electron chi connectivity index (χ3n) is 20.0. The minimum atomic E-state index is -1.08. The van der Waals surface area contributed by atoms with Crippen LogP contribution in [0.25, 0.3) is 28.3 Å². The monoisotopic (exact) mass is 1520 g/mol. The van der Waals surface area contributed by atoms with Gasteiger partial charge in [0.1, 0.15) is 29.6 Å². The summed E-state index contributed by atoms with van der Waals surface area (Å²) in [4.78, 5) is 50.2. The summed E-state index contributed by atoms with van der Waals surface area (Å²) in [6, 6.07) is 13.2. The smallest absolute Gasteiger partial charge is 0.360 e. The molecule has 6 fully saturated rings. The number of aromatic carboxylic acids is 1. The minimum Gasteiger partial charge on any atom is -0.494 e. The third kappa shape index (κ3) is 16.7. The molecule has 19 rings (SSSR count). The number of nitrogens with one attached hydrogen (secondary N) is 1. The molecule has 0 bridgehead atoms. The number of carboxylic acid groups (broad SMARTS) is 1. The molecular formula is C74H79F2N25O10. The summed E-state index contributed by atoms with van der Waals surface area (Å²) in [6.07, 6.45) is 30.3. The third-order valence-corrected chi connectivity index (χ3v) is 20.0. The second-order valence-electron chi connectivity index (χ2n) is 28.4. The van der Waals surface area contributed by atoms with E-state index in [1.54, 1.807) is 40.8 Å². The maximum atomic E-state index is 15.1. The molecule has 3 aliphatic heterocycles. The zero-order chi connectivity index (χ0) is 76.2. The summed E-state index contributed by atoms with van der Waals surface area (Å²) in [7, 11) is 2.77. The number of nitrogens with two attached hydrogens (primary N) is 1. The Kier molecular flexibility index (Phi) is 21.1. The molecule has 111 heavy (non-hydrogen) atoms. The van der Waals surface area contributed by atoms with Gasteiger partial charge in [0.2, 0.25) is 0 Å². The lowest BCUT2D eigenvalue weighted by Gasteiger charge is -2.26. The van der Waals surface area contributed by atoms with Gasteiger partial charge in [-0.2, -0.15) is 0 Å². The van der Waals surface area contributed by atoms with Crippen LogP contribution in [0, 0.1) is 29.4 Å². The number of hydrogen-bond acceptors (Lipinski definition) is 25. The topological polar surface area (TPSA) is 396 Å². The summed E-state index contributed by atoms with van der Waals surface area (Å²) < 4.78 is 73.6. The Balaban J connectivity index is 0.000000118. The Bertz CT molecular complexity index is 5490. The number of pyridine rings is 3. The first kappa shape index (κ1) is 73.0. The van der Waals surface area contributed by atoms with Crippen LogP contribution in [-0.4, -0.2) is 197 Å². The summed E-state index contributed by atoms with van der Waals surface area (Å²) in [6.45, 7) is 8.08. The van der Waals surface area contributed by atoms with Crippen LogP contribution in [0.1, 0.15) is 156 Å². The highest BCUT2D eigenvalue weighted by molar-refractivity contribution is 5.92. The molecule has 3 saturated heterocycles. The van der Waals surface area contributed by atoms with Gasteiger partial charge in [-0.1, -0.05) is 33.8 Å². The highest BCUT2D eigenvalue weighted by Gasteiger charge is 2.31. The molecule has 13 aromatic rings. The number of esters is 1. The fraction of sp³-hybridized carbons (Fsp3) is 0.405. The van der Waals surface area contributed by atoms with E-state index in [-0.39, 0.29) is 47.2 Å². The predicted octanol–water partition coefficient (Wildman–Crippen LogP) is 6.32. The van der Waals surface area contributed by atoms with Gasteiger partial charge in [0.25, 0.3) is 5.91 Å². The molecule has 11 aromatic heterocycles. The Labute approximate surface area is 631 Å². The Morgan fingerprint density at radius 3 is 1.29 bits per heavy atom. The molecule has 1 amide bonds. The van der Waals surface area contributed by atoms with E-state index >= 15 is 4.39 Å². The van der Waals surface area contributed by atoms with Crippen molar-refractivity contribution in [2.45, 2.75) is 115 Å². The fourth-order valence-corrected chi connectivity index (χ4v) is 13.7. The average Bonchev–Trinajstić information content (AvgIpc) is 1.71. The molecule has 14 heterocycles. The highest BCUT2D eigenvalue weighted by Crippen LogP contribution is 2.43. The summed E-state index contributed by atoms with van der Waals surface area (Å²) in [5.41, 5.74) is 20.5. The van der Waals surface area contributed by atoms with Gasteiger partial charge >= 0.3 is 11.9 Å². The zero-order valence-electron chi connectivity index (χ0n) is 60.9. The number of hydrogen-bond donors (Lipinski definition) is 3. The molecule has 0 unspecified atom stereocenters. The van der Waals surface area contributed by atoms with Gasteiger partial charge in [-0.25, -0.2) is 56.7 Å². The molecule has 3 aliphatic carbocycles. The van der Waals surface area contributed by atoms with Crippen LogP contribution in [-0.2, 0) is 70.9 Å². The van der Waals surface area contributed by atoms with Gasteiger partial charge in [-0.15, -0.1) is 25.5 Å². The average molecular weight is 1520 g/mol. The number of halogens is 2. The minimum absolute atomic E-state index is 0.0397. The van der Waals surface area contributed by atoms with E-state index in [2.05, 4.69) is 117 Å². The Morgan fingerprint density at radius 2 is 0.928 bits per heavy atom. The van der Waals surface area contributed by atoms with Crippen LogP contribution >= 0.6 is 0 Å². The molecule has 35 nitrogen and oxygen atoms in total. The van der Waals surface area contributed by atoms with Gasteiger partial charge in [0, 0.05) is 79.2 Å². The number of aromatic nitrogens is 23. The lowest BCUT2D eigenvalue weighted by molar-refractivity contribution is -0.0311. The Hall–Kier alpha value is -12.2. The number of carboxylic acids is 1. The van der Waals surface area contributed by atoms with Crippen LogP contribution in [0.15, 0.2) is 111 Å². The molecule has 4 N–H and O–H groups in total. The fourth-order valence-electron chi connectivity index (χ4n) is 13.7. The second kappa shape index (κ2) is 32.1. The number of nitrogens with zero attached hydrogens (tertiary/aromatic N) is 23. The summed E-state index contributed by atoms with van der Waals surface area (Å²) >= 11 is 0. The number of imidazole rings is 3. The van der Waals surface area contributed by atoms with Gasteiger partial charge in [-0.05, 0) is 161 Å². The lowest BCUT2D eigenvalue weighted by atomic mass is 9.97. The molecule has 37 heteroatoms. The van der Waals surface area contributed by atoms with E-state index < -0.39 is 29.5 Å². The first-order chi connectivity index (χ1) is 54.2. The number of carbonyl (C=O) groups is 3. The number of methoxy groups -OCH3 is 2. The number of tetrazole rings is 2. The number of fused-ring (bicyclic) bond motifs is 3. The van der Waals surface area contributed by atoms with Crippen molar-refractivity contribution in [2.24, 2.45) is 23.5 Å². The lowest BCUT2D eigenvalue weighted by Crippen LogP contribution is -2.29. The molecule has 0 spiro atoms. The zero-order valence-corrected chi connectivity index (χ0v) is 60.9. The van der Waals surface area contributed by atoms with Crippen molar-refractivity contribution >= 4 is 34.8 Å². The SMILES string of the molecule is CCOC(=O)c1cn(Cc2cn3cc(C4CC4)cc(CC4COC4)c3n2)nn1.COc1ccc(-n2cnnn2)c(CN)c1F.COc1ccc(-n2cnnn2)c(CNC(=O)c2cn(Cc3cn4cc(C5CC5)cc(CC5COC5)c4n3)nn2)c1F.O=C(O)c1cn(Cc2cn3cc(C4CC4)cc(CC4COC4)c3n2)nn1. The normalized spacial score (nSPS) is 15.5. The maximum absolute atomic E-state index is 15.1. The van der Waals surface area contributed by atoms with Crippen molar-refractivity contribution in [1.29, 1.82) is 0 Å². The molecule has 3 saturated carbocycles. The number of carbonyl (C=O) groups excluding carboxylic acids is 2. The van der Waals surface area contributed by atoms with Crippen LogP contribution in [0.3, 0.4) is 0 Å². The van der Waals surface area contributed by atoms with E-state index in [1.807, 2.05) is 18.6 Å². The van der Waals surface area contributed by atoms with Gasteiger partial charge in [0.05, 0.1) is 127 Å². The quantitative estimate of drug-likeness (QED) is 0.0499. The molecule has 574 valence electrons. The highest BCUT2D eigenvalue weighted by atomic mass is 19.1.